The van der Waals surface area contributed by atoms with Crippen LogP contribution >= 0.6 is 11.8 Å². The Hall–Kier alpha value is -3.53. The normalized spacial score (nSPS) is 10.5. The topological polar surface area (TPSA) is 115 Å². The molecular formula is C20H20N4O5S. The second kappa shape index (κ2) is 9.79. The van der Waals surface area contributed by atoms with Gasteiger partial charge in [0.05, 0.1) is 25.7 Å². The van der Waals surface area contributed by atoms with Gasteiger partial charge in [0.15, 0.2) is 5.16 Å². The van der Waals surface area contributed by atoms with Gasteiger partial charge >= 0.3 is 0 Å². The predicted molar refractivity (Wildman–Crippen MR) is 112 cm³/mol. The average Bonchev–Trinajstić information content (AvgIpc) is 3.27. The highest BCUT2D eigenvalue weighted by Gasteiger charge is 2.16. The number of benzene rings is 1. The van der Waals surface area contributed by atoms with Crippen LogP contribution in [0.15, 0.2) is 63.2 Å². The van der Waals surface area contributed by atoms with Crippen LogP contribution < -0.4 is 20.9 Å². The molecule has 0 aliphatic carbocycles. The van der Waals surface area contributed by atoms with Crippen molar-refractivity contribution in [2.24, 2.45) is 7.05 Å². The van der Waals surface area contributed by atoms with Gasteiger partial charge in [0.25, 0.3) is 11.5 Å². The molecular weight excluding hydrogens is 408 g/mol. The van der Waals surface area contributed by atoms with Gasteiger partial charge in [-0.25, -0.2) is 4.98 Å². The number of thioether (sulfide) groups is 1. The number of hydrogen-bond donors (Lipinski definition) is 2. The van der Waals surface area contributed by atoms with Gasteiger partial charge in [-0.1, -0.05) is 11.8 Å². The van der Waals surface area contributed by atoms with Gasteiger partial charge in [0.1, 0.15) is 17.1 Å². The van der Waals surface area contributed by atoms with E-state index in [0.717, 1.165) is 11.8 Å². The van der Waals surface area contributed by atoms with E-state index in [4.69, 9.17) is 9.15 Å². The van der Waals surface area contributed by atoms with E-state index in [1.54, 1.807) is 43.5 Å². The molecule has 0 aliphatic heterocycles. The Labute approximate surface area is 176 Å². The highest BCUT2D eigenvalue weighted by Crippen LogP contribution is 2.16. The third-order valence-electron chi connectivity index (χ3n) is 4.09. The van der Waals surface area contributed by atoms with Crippen molar-refractivity contribution in [2.45, 2.75) is 11.7 Å². The molecule has 0 atom stereocenters. The lowest BCUT2D eigenvalue weighted by Crippen LogP contribution is -2.30. The summed E-state index contributed by atoms with van der Waals surface area (Å²) in [6.45, 7) is 0.281. The maximum Gasteiger partial charge on any atom is 0.266 e. The van der Waals surface area contributed by atoms with Crippen LogP contribution in [-0.2, 0) is 18.4 Å². The summed E-state index contributed by atoms with van der Waals surface area (Å²) in [6.07, 6.45) is 2.74. The van der Waals surface area contributed by atoms with E-state index < -0.39 is 11.5 Å². The molecule has 0 radical (unpaired) electrons. The maximum atomic E-state index is 12.6. The van der Waals surface area contributed by atoms with Crippen LogP contribution in [0.3, 0.4) is 0 Å². The number of anilines is 1. The quantitative estimate of drug-likeness (QED) is 0.417. The summed E-state index contributed by atoms with van der Waals surface area (Å²) in [5.41, 5.74) is -0.0797. The van der Waals surface area contributed by atoms with Gasteiger partial charge in [0, 0.05) is 18.9 Å². The molecule has 0 spiro atoms. The molecule has 9 nitrogen and oxygen atoms in total. The summed E-state index contributed by atoms with van der Waals surface area (Å²) < 4.78 is 11.5. The molecule has 2 aromatic heterocycles. The van der Waals surface area contributed by atoms with Crippen molar-refractivity contribution in [3.63, 3.8) is 0 Å². The molecule has 2 heterocycles. The molecule has 10 heteroatoms. The molecule has 0 fully saturated rings. The number of methoxy groups -OCH3 is 1. The Morgan fingerprint density at radius 2 is 2.00 bits per heavy atom. The van der Waals surface area contributed by atoms with Crippen molar-refractivity contribution >= 4 is 29.3 Å². The highest BCUT2D eigenvalue weighted by molar-refractivity contribution is 7.99. The molecule has 0 unspecified atom stereocenters. The lowest BCUT2D eigenvalue weighted by Gasteiger charge is -2.10. The minimum Gasteiger partial charge on any atom is -0.497 e. The fraction of sp³-hybridized carbons (Fsp3) is 0.200. The molecule has 3 aromatic rings. The Bertz CT molecular complexity index is 1080. The van der Waals surface area contributed by atoms with Crippen LogP contribution in [0.1, 0.15) is 16.1 Å². The monoisotopic (exact) mass is 428 g/mol. The molecule has 0 saturated carbocycles. The van der Waals surface area contributed by atoms with Gasteiger partial charge < -0.3 is 19.8 Å². The fourth-order valence-corrected chi connectivity index (χ4v) is 3.24. The summed E-state index contributed by atoms with van der Waals surface area (Å²) in [6, 6.07) is 10.2. The van der Waals surface area contributed by atoms with Crippen molar-refractivity contribution in [2.75, 3.05) is 18.2 Å². The Morgan fingerprint density at radius 1 is 1.23 bits per heavy atom. The van der Waals surface area contributed by atoms with E-state index in [2.05, 4.69) is 15.6 Å². The van der Waals surface area contributed by atoms with Crippen molar-refractivity contribution in [3.05, 3.63) is 70.5 Å². The van der Waals surface area contributed by atoms with Crippen molar-refractivity contribution in [1.29, 1.82) is 0 Å². The number of nitrogens with zero attached hydrogens (tertiary/aromatic N) is 2. The van der Waals surface area contributed by atoms with Crippen molar-refractivity contribution < 1.29 is 18.7 Å². The number of nitrogens with one attached hydrogen (secondary N) is 2. The number of rotatable bonds is 8. The highest BCUT2D eigenvalue weighted by atomic mass is 32.2. The number of carbonyl (C=O) groups excluding carboxylic acids is 2. The molecule has 156 valence electrons. The SMILES string of the molecule is COc1ccc(NC(=O)c2cnc(SCC(=O)NCc3ccco3)n(C)c2=O)cc1. The fourth-order valence-electron chi connectivity index (χ4n) is 2.47. The first kappa shape index (κ1) is 21.2. The van der Waals surface area contributed by atoms with Crippen molar-refractivity contribution in [1.82, 2.24) is 14.9 Å². The number of aromatic nitrogens is 2. The Morgan fingerprint density at radius 3 is 2.67 bits per heavy atom. The summed E-state index contributed by atoms with van der Waals surface area (Å²) in [5.74, 6) is 0.567. The van der Waals surface area contributed by atoms with Gasteiger partial charge in [-0.15, -0.1) is 0 Å². The minimum absolute atomic E-state index is 0.0678. The van der Waals surface area contributed by atoms with E-state index in [1.807, 2.05) is 0 Å². The standard InChI is InChI=1S/C20H20N4O5S/c1-24-19(27)16(18(26)23-13-5-7-14(28-2)8-6-13)11-22-20(24)30-12-17(25)21-10-15-4-3-9-29-15/h3-9,11H,10,12H2,1-2H3,(H,21,25)(H,23,26). The molecule has 30 heavy (non-hydrogen) atoms. The third kappa shape index (κ3) is 5.29. The minimum atomic E-state index is -0.569. The number of amides is 2. The lowest BCUT2D eigenvalue weighted by molar-refractivity contribution is -0.118. The van der Waals surface area contributed by atoms with Crippen LogP contribution in [0.5, 0.6) is 5.75 Å². The summed E-state index contributed by atoms with van der Waals surface area (Å²) in [4.78, 5) is 41.1. The van der Waals surface area contributed by atoms with Crippen LogP contribution in [-0.4, -0.2) is 34.2 Å². The zero-order valence-electron chi connectivity index (χ0n) is 16.4. The molecule has 3 rings (SSSR count). The van der Waals surface area contributed by atoms with Gasteiger partial charge in [-0.2, -0.15) is 0 Å². The molecule has 0 saturated heterocycles. The van der Waals surface area contributed by atoms with Crippen LogP contribution in [0, 0.1) is 0 Å². The zero-order valence-corrected chi connectivity index (χ0v) is 17.2. The second-order valence-electron chi connectivity index (χ2n) is 6.15. The van der Waals surface area contributed by atoms with Crippen LogP contribution in [0.2, 0.25) is 0 Å². The van der Waals surface area contributed by atoms with Gasteiger partial charge in [0.2, 0.25) is 5.91 Å². The van der Waals surface area contributed by atoms with E-state index in [9.17, 15) is 14.4 Å². The number of hydrogen-bond acceptors (Lipinski definition) is 7. The van der Waals surface area contributed by atoms with E-state index in [0.29, 0.717) is 22.4 Å². The number of ether oxygens (including phenoxy) is 1. The van der Waals surface area contributed by atoms with Crippen LogP contribution in [0.25, 0.3) is 0 Å². The molecule has 1 aromatic carbocycles. The molecule has 0 aliphatic rings. The van der Waals surface area contributed by atoms with E-state index in [1.165, 1.54) is 24.1 Å². The lowest BCUT2D eigenvalue weighted by atomic mass is 10.2. The van der Waals surface area contributed by atoms with E-state index >= 15 is 0 Å². The Balaban J connectivity index is 1.60. The third-order valence-corrected chi connectivity index (χ3v) is 5.13. The van der Waals surface area contributed by atoms with Gasteiger partial charge in [-0.3, -0.25) is 19.0 Å². The van der Waals surface area contributed by atoms with E-state index in [-0.39, 0.29) is 23.8 Å². The second-order valence-corrected chi connectivity index (χ2v) is 7.09. The molecule has 2 N–H and O–H groups in total. The largest absolute Gasteiger partial charge is 0.497 e. The van der Waals surface area contributed by atoms with Crippen molar-refractivity contribution in [3.8, 4) is 5.75 Å². The number of furan rings is 1. The Kier molecular flexibility index (Phi) is 6.91. The first-order chi connectivity index (χ1) is 14.5. The average molecular weight is 428 g/mol. The maximum absolute atomic E-state index is 12.6. The molecule has 2 amide bonds. The smallest absolute Gasteiger partial charge is 0.266 e. The molecule has 0 bridgehead atoms. The summed E-state index contributed by atoms with van der Waals surface area (Å²) >= 11 is 1.10. The van der Waals surface area contributed by atoms with Crippen LogP contribution in [0.4, 0.5) is 5.69 Å². The number of carbonyl (C=O) groups is 2. The predicted octanol–water partition coefficient (Wildman–Crippen LogP) is 2.04. The van der Waals surface area contributed by atoms with Gasteiger partial charge in [-0.05, 0) is 36.4 Å². The summed E-state index contributed by atoms with van der Waals surface area (Å²) in [5, 5.41) is 5.69. The first-order valence-electron chi connectivity index (χ1n) is 8.91. The zero-order chi connectivity index (χ0) is 21.5. The summed E-state index contributed by atoms with van der Waals surface area (Å²) in [7, 11) is 3.05. The first-order valence-corrected chi connectivity index (χ1v) is 9.90.